The van der Waals surface area contributed by atoms with Crippen molar-refractivity contribution < 1.29 is 0 Å². The average molecular weight is 229 g/mol. The highest BCUT2D eigenvalue weighted by molar-refractivity contribution is 5.39. The van der Waals surface area contributed by atoms with Gasteiger partial charge in [-0.3, -0.25) is 4.98 Å². The maximum absolute atomic E-state index is 4.60. The molecule has 5 nitrogen and oxygen atoms in total. The molecule has 0 saturated carbocycles. The van der Waals surface area contributed by atoms with Crippen LogP contribution in [0.25, 0.3) is 5.82 Å². The summed E-state index contributed by atoms with van der Waals surface area (Å²) in [7, 11) is 0. The van der Waals surface area contributed by atoms with Crippen LogP contribution in [0.15, 0.2) is 30.9 Å². The van der Waals surface area contributed by atoms with E-state index in [4.69, 9.17) is 0 Å². The minimum atomic E-state index is 0.776. The Morgan fingerprint density at radius 2 is 1.82 bits per heavy atom. The quantitative estimate of drug-likeness (QED) is 0.785. The Balaban J connectivity index is 1.88. The van der Waals surface area contributed by atoms with Crippen LogP contribution in [0.1, 0.15) is 19.3 Å². The van der Waals surface area contributed by atoms with Gasteiger partial charge in [-0.25, -0.2) is 9.67 Å². The molecule has 0 N–H and O–H groups in total. The first-order valence-electron chi connectivity index (χ1n) is 6.00. The molecular formula is C12H15N5. The van der Waals surface area contributed by atoms with E-state index in [0.29, 0.717) is 0 Å². The van der Waals surface area contributed by atoms with Gasteiger partial charge < -0.3 is 4.90 Å². The van der Waals surface area contributed by atoms with Crippen molar-refractivity contribution in [3.05, 3.63) is 30.9 Å². The number of piperidine rings is 1. The fraction of sp³-hybridized carbons (Fsp3) is 0.417. The van der Waals surface area contributed by atoms with Crippen LogP contribution < -0.4 is 4.90 Å². The zero-order chi connectivity index (χ0) is 11.5. The van der Waals surface area contributed by atoms with Crippen LogP contribution in [0.3, 0.4) is 0 Å². The Morgan fingerprint density at radius 3 is 2.59 bits per heavy atom. The van der Waals surface area contributed by atoms with Crippen molar-refractivity contribution >= 4 is 5.82 Å². The molecule has 0 bridgehead atoms. The molecule has 0 aromatic carbocycles. The molecule has 0 unspecified atom stereocenters. The van der Waals surface area contributed by atoms with E-state index < -0.39 is 0 Å². The van der Waals surface area contributed by atoms with Crippen molar-refractivity contribution in [1.82, 2.24) is 19.7 Å². The van der Waals surface area contributed by atoms with Gasteiger partial charge in [-0.2, -0.15) is 5.10 Å². The second-order valence-corrected chi connectivity index (χ2v) is 4.23. The first kappa shape index (κ1) is 10.3. The number of anilines is 1. The summed E-state index contributed by atoms with van der Waals surface area (Å²) >= 11 is 0. The molecule has 1 saturated heterocycles. The molecule has 2 aromatic heterocycles. The smallest absolute Gasteiger partial charge is 0.173 e. The molecule has 0 amide bonds. The molecule has 88 valence electrons. The lowest BCUT2D eigenvalue weighted by Gasteiger charge is -2.27. The molecule has 0 spiro atoms. The highest BCUT2D eigenvalue weighted by atomic mass is 15.3. The summed E-state index contributed by atoms with van der Waals surface area (Å²) in [5.41, 5.74) is 0. The van der Waals surface area contributed by atoms with Crippen LogP contribution >= 0.6 is 0 Å². The van der Waals surface area contributed by atoms with E-state index in [2.05, 4.69) is 20.0 Å². The molecule has 2 aromatic rings. The average Bonchev–Trinajstić information content (AvgIpc) is 2.94. The largest absolute Gasteiger partial charge is 0.355 e. The van der Waals surface area contributed by atoms with Crippen LogP contribution in [-0.2, 0) is 0 Å². The molecule has 0 atom stereocenters. The molecule has 0 radical (unpaired) electrons. The van der Waals surface area contributed by atoms with Crippen LogP contribution in [0.2, 0.25) is 0 Å². The van der Waals surface area contributed by atoms with Crippen LogP contribution in [0.4, 0.5) is 5.82 Å². The van der Waals surface area contributed by atoms with Crippen molar-refractivity contribution in [1.29, 1.82) is 0 Å². The molecular weight excluding hydrogens is 214 g/mol. The molecule has 17 heavy (non-hydrogen) atoms. The highest BCUT2D eigenvalue weighted by Gasteiger charge is 2.13. The number of hydrogen-bond donors (Lipinski definition) is 0. The van der Waals surface area contributed by atoms with E-state index in [1.165, 1.54) is 19.3 Å². The third-order valence-corrected chi connectivity index (χ3v) is 3.03. The number of hydrogen-bond acceptors (Lipinski definition) is 4. The van der Waals surface area contributed by atoms with E-state index >= 15 is 0 Å². The summed E-state index contributed by atoms with van der Waals surface area (Å²) in [4.78, 5) is 11.1. The number of nitrogens with zero attached hydrogens (tertiary/aromatic N) is 5. The second kappa shape index (κ2) is 4.53. The van der Waals surface area contributed by atoms with Crippen LogP contribution in [0.5, 0.6) is 0 Å². The lowest BCUT2D eigenvalue weighted by Crippen LogP contribution is -2.30. The third kappa shape index (κ3) is 2.13. The van der Waals surface area contributed by atoms with Crippen molar-refractivity contribution in [3.63, 3.8) is 0 Å². The topological polar surface area (TPSA) is 46.8 Å². The van der Waals surface area contributed by atoms with E-state index in [-0.39, 0.29) is 0 Å². The van der Waals surface area contributed by atoms with E-state index in [0.717, 1.165) is 24.7 Å². The fourth-order valence-corrected chi connectivity index (χ4v) is 2.14. The van der Waals surface area contributed by atoms with Gasteiger partial charge in [-0.1, -0.05) is 0 Å². The Kier molecular flexibility index (Phi) is 2.73. The van der Waals surface area contributed by atoms with Gasteiger partial charge in [0.25, 0.3) is 0 Å². The Labute approximate surface area is 100 Å². The van der Waals surface area contributed by atoms with Gasteiger partial charge in [0, 0.05) is 25.5 Å². The van der Waals surface area contributed by atoms with E-state index in [1.807, 2.05) is 18.5 Å². The molecule has 3 rings (SSSR count). The first-order chi connectivity index (χ1) is 8.43. The van der Waals surface area contributed by atoms with Gasteiger partial charge in [-0.05, 0) is 25.3 Å². The second-order valence-electron chi connectivity index (χ2n) is 4.23. The summed E-state index contributed by atoms with van der Waals surface area (Å²) < 4.78 is 1.74. The molecule has 1 aliphatic heterocycles. The predicted molar refractivity (Wildman–Crippen MR) is 65.2 cm³/mol. The summed E-state index contributed by atoms with van der Waals surface area (Å²) in [5, 5.41) is 4.17. The van der Waals surface area contributed by atoms with E-state index in [9.17, 15) is 0 Å². The lowest BCUT2D eigenvalue weighted by molar-refractivity contribution is 0.572. The zero-order valence-electron chi connectivity index (χ0n) is 9.66. The monoisotopic (exact) mass is 229 g/mol. The summed E-state index contributed by atoms with van der Waals surface area (Å²) in [6.45, 7) is 2.16. The predicted octanol–water partition coefficient (Wildman–Crippen LogP) is 1.65. The van der Waals surface area contributed by atoms with Gasteiger partial charge >= 0.3 is 0 Å². The Morgan fingerprint density at radius 1 is 1.00 bits per heavy atom. The normalized spacial score (nSPS) is 16.1. The number of rotatable bonds is 2. The van der Waals surface area contributed by atoms with Crippen LogP contribution in [0, 0.1) is 0 Å². The van der Waals surface area contributed by atoms with Crippen molar-refractivity contribution in [2.45, 2.75) is 19.3 Å². The highest BCUT2D eigenvalue weighted by Crippen LogP contribution is 2.17. The van der Waals surface area contributed by atoms with Crippen LogP contribution in [-0.4, -0.2) is 32.8 Å². The fourth-order valence-electron chi connectivity index (χ4n) is 2.14. The minimum Gasteiger partial charge on any atom is -0.355 e. The summed E-state index contributed by atoms with van der Waals surface area (Å²) in [6, 6.07) is 1.88. The van der Waals surface area contributed by atoms with Crippen molar-refractivity contribution in [2.24, 2.45) is 0 Å². The minimum absolute atomic E-state index is 0.776. The zero-order valence-corrected chi connectivity index (χ0v) is 9.66. The summed E-state index contributed by atoms with van der Waals surface area (Å²) in [5.74, 6) is 1.73. The number of aromatic nitrogens is 4. The standard InChI is InChI=1S/C12H15N5/c1-2-6-16(7-3-1)11-9-13-10-12(15-11)17-8-4-5-14-17/h4-5,8-10H,1-3,6-7H2. The third-order valence-electron chi connectivity index (χ3n) is 3.03. The Bertz CT molecular complexity index is 473. The van der Waals surface area contributed by atoms with Crippen molar-refractivity contribution in [3.8, 4) is 5.82 Å². The molecule has 5 heteroatoms. The Hall–Kier alpha value is -1.91. The molecule has 0 aliphatic carbocycles. The van der Waals surface area contributed by atoms with Gasteiger partial charge in [0.15, 0.2) is 5.82 Å². The maximum atomic E-state index is 4.60. The SMILES string of the molecule is c1cnn(-c2cncc(N3CCCCC3)n2)c1. The maximum Gasteiger partial charge on any atom is 0.173 e. The van der Waals surface area contributed by atoms with Gasteiger partial charge in [0.1, 0.15) is 5.82 Å². The first-order valence-corrected chi connectivity index (χ1v) is 6.00. The lowest BCUT2D eigenvalue weighted by atomic mass is 10.1. The van der Waals surface area contributed by atoms with Gasteiger partial charge in [0.05, 0.1) is 12.4 Å². The van der Waals surface area contributed by atoms with Gasteiger partial charge in [-0.15, -0.1) is 0 Å². The molecule has 1 fully saturated rings. The van der Waals surface area contributed by atoms with Gasteiger partial charge in [0.2, 0.25) is 0 Å². The van der Waals surface area contributed by atoms with Crippen molar-refractivity contribution in [2.75, 3.05) is 18.0 Å². The van der Waals surface area contributed by atoms with E-state index in [1.54, 1.807) is 17.1 Å². The molecule has 3 heterocycles. The summed E-state index contributed by atoms with van der Waals surface area (Å²) in [6.07, 6.45) is 11.0. The molecule has 1 aliphatic rings.